The van der Waals surface area contributed by atoms with E-state index in [1.54, 1.807) is 22.9 Å². The van der Waals surface area contributed by atoms with Crippen molar-refractivity contribution < 1.29 is 19.8 Å². The molecule has 0 bridgehead atoms. The third-order valence-electron chi connectivity index (χ3n) is 3.06. The van der Waals surface area contributed by atoms with Crippen molar-refractivity contribution in [3.63, 3.8) is 0 Å². The molecule has 1 aromatic heterocycles. The second-order valence-corrected chi connectivity index (χ2v) is 4.51. The largest absolute Gasteiger partial charge is 0.479 e. The third-order valence-corrected chi connectivity index (χ3v) is 3.06. The number of amides is 1. The maximum atomic E-state index is 11.9. The minimum atomic E-state index is -1.47. The van der Waals surface area contributed by atoms with Crippen LogP contribution in [0.3, 0.4) is 0 Å². The Balaban J connectivity index is 2.01. The van der Waals surface area contributed by atoms with Crippen LogP contribution in [-0.2, 0) is 11.3 Å². The average Bonchev–Trinajstić information content (AvgIpc) is 2.88. The Bertz CT molecular complexity index is 667. The number of aryl methyl sites for hydroxylation is 1. The van der Waals surface area contributed by atoms with Gasteiger partial charge in [-0.1, -0.05) is 5.21 Å². The SMILES string of the molecule is CCn1nnc2cc(C(=O)NCCC(O)C(=O)O)ccc21. The molecule has 112 valence electrons. The van der Waals surface area contributed by atoms with Gasteiger partial charge < -0.3 is 15.5 Å². The number of aliphatic hydroxyl groups excluding tert-OH is 1. The molecule has 1 aromatic carbocycles. The molecule has 0 aliphatic heterocycles. The lowest BCUT2D eigenvalue weighted by Crippen LogP contribution is -2.30. The van der Waals surface area contributed by atoms with Crippen LogP contribution in [0, 0.1) is 0 Å². The van der Waals surface area contributed by atoms with Gasteiger partial charge in [-0.25, -0.2) is 9.48 Å². The normalized spacial score (nSPS) is 12.3. The highest BCUT2D eigenvalue weighted by Gasteiger charge is 2.14. The summed E-state index contributed by atoms with van der Waals surface area (Å²) >= 11 is 0. The van der Waals surface area contributed by atoms with Crippen molar-refractivity contribution in [1.29, 1.82) is 0 Å². The lowest BCUT2D eigenvalue weighted by atomic mass is 10.2. The van der Waals surface area contributed by atoms with E-state index in [2.05, 4.69) is 15.6 Å². The number of nitrogens with zero attached hydrogens (tertiary/aromatic N) is 3. The van der Waals surface area contributed by atoms with Crippen LogP contribution in [0.15, 0.2) is 18.2 Å². The smallest absolute Gasteiger partial charge is 0.332 e. The first-order valence-electron chi connectivity index (χ1n) is 6.55. The highest BCUT2D eigenvalue weighted by atomic mass is 16.4. The molecule has 0 saturated heterocycles. The molecule has 1 amide bonds. The fourth-order valence-corrected chi connectivity index (χ4v) is 1.89. The topological polar surface area (TPSA) is 117 Å². The number of rotatable bonds is 6. The molecule has 1 heterocycles. The zero-order valence-corrected chi connectivity index (χ0v) is 11.5. The number of carboxylic acid groups (broad SMARTS) is 1. The van der Waals surface area contributed by atoms with Gasteiger partial charge in [0.05, 0.1) is 5.52 Å². The lowest BCUT2D eigenvalue weighted by Gasteiger charge is -2.07. The Hall–Kier alpha value is -2.48. The van der Waals surface area contributed by atoms with Crippen molar-refractivity contribution in [2.45, 2.75) is 26.0 Å². The fraction of sp³-hybridized carbons (Fsp3) is 0.385. The predicted octanol–water partition coefficient (Wildman–Crippen LogP) is 0.0166. The molecule has 2 rings (SSSR count). The molecule has 0 aliphatic rings. The summed E-state index contributed by atoms with van der Waals surface area (Å²) < 4.78 is 1.72. The van der Waals surface area contributed by atoms with Crippen LogP contribution in [0.25, 0.3) is 11.0 Å². The van der Waals surface area contributed by atoms with Gasteiger partial charge in [-0.2, -0.15) is 0 Å². The van der Waals surface area contributed by atoms with Gasteiger partial charge in [0.1, 0.15) is 5.52 Å². The van der Waals surface area contributed by atoms with Gasteiger partial charge in [0, 0.05) is 25.1 Å². The van der Waals surface area contributed by atoms with E-state index in [4.69, 9.17) is 10.2 Å². The molecule has 1 atom stereocenters. The molecule has 21 heavy (non-hydrogen) atoms. The number of fused-ring (bicyclic) bond motifs is 1. The molecule has 0 radical (unpaired) electrons. The second kappa shape index (κ2) is 6.31. The minimum absolute atomic E-state index is 0.0463. The van der Waals surface area contributed by atoms with Crippen LogP contribution in [0.2, 0.25) is 0 Å². The first-order chi connectivity index (χ1) is 10.0. The zero-order chi connectivity index (χ0) is 15.4. The Labute approximate surface area is 120 Å². The van der Waals surface area contributed by atoms with E-state index in [0.29, 0.717) is 17.6 Å². The molecule has 0 fully saturated rings. The number of hydrogen-bond acceptors (Lipinski definition) is 5. The monoisotopic (exact) mass is 292 g/mol. The highest BCUT2D eigenvalue weighted by Crippen LogP contribution is 2.13. The Kier molecular flexibility index (Phi) is 4.49. The van der Waals surface area contributed by atoms with E-state index < -0.39 is 12.1 Å². The summed E-state index contributed by atoms with van der Waals surface area (Å²) in [6, 6.07) is 5.04. The minimum Gasteiger partial charge on any atom is -0.479 e. The Morgan fingerprint density at radius 3 is 2.86 bits per heavy atom. The molecule has 8 nitrogen and oxygen atoms in total. The Morgan fingerprint density at radius 2 is 2.19 bits per heavy atom. The molecule has 2 aromatic rings. The van der Waals surface area contributed by atoms with Crippen molar-refractivity contribution in [1.82, 2.24) is 20.3 Å². The first-order valence-corrected chi connectivity index (χ1v) is 6.55. The van der Waals surface area contributed by atoms with Gasteiger partial charge in [-0.15, -0.1) is 5.10 Å². The van der Waals surface area contributed by atoms with Crippen LogP contribution < -0.4 is 5.32 Å². The number of hydrogen-bond donors (Lipinski definition) is 3. The molecule has 0 saturated carbocycles. The summed E-state index contributed by atoms with van der Waals surface area (Å²) in [5, 5.41) is 28.1. The van der Waals surface area contributed by atoms with E-state index in [1.807, 2.05) is 6.92 Å². The van der Waals surface area contributed by atoms with Crippen LogP contribution >= 0.6 is 0 Å². The number of nitrogens with one attached hydrogen (secondary N) is 1. The van der Waals surface area contributed by atoms with Gasteiger partial charge in [-0.3, -0.25) is 4.79 Å². The Morgan fingerprint density at radius 1 is 1.43 bits per heavy atom. The van der Waals surface area contributed by atoms with Crippen LogP contribution in [0.4, 0.5) is 0 Å². The zero-order valence-electron chi connectivity index (χ0n) is 11.5. The number of benzene rings is 1. The predicted molar refractivity (Wildman–Crippen MR) is 73.8 cm³/mol. The van der Waals surface area contributed by atoms with Gasteiger partial charge >= 0.3 is 5.97 Å². The molecule has 8 heteroatoms. The first kappa shape index (κ1) is 14.9. The second-order valence-electron chi connectivity index (χ2n) is 4.51. The van der Waals surface area contributed by atoms with Gasteiger partial charge in [0.25, 0.3) is 5.91 Å². The van der Waals surface area contributed by atoms with Crippen molar-refractivity contribution in [2.75, 3.05) is 6.54 Å². The summed E-state index contributed by atoms with van der Waals surface area (Å²) in [6.45, 7) is 2.71. The maximum Gasteiger partial charge on any atom is 0.332 e. The highest BCUT2D eigenvalue weighted by molar-refractivity contribution is 5.97. The van der Waals surface area contributed by atoms with Crippen LogP contribution in [-0.4, -0.2) is 49.7 Å². The van der Waals surface area contributed by atoms with E-state index in [9.17, 15) is 9.59 Å². The molecule has 0 spiro atoms. The number of carbonyl (C=O) groups excluding carboxylic acids is 1. The summed E-state index contributed by atoms with van der Waals surface area (Å²) in [7, 11) is 0. The molecule has 0 aliphatic carbocycles. The number of aliphatic hydroxyl groups is 1. The van der Waals surface area contributed by atoms with E-state index in [0.717, 1.165) is 5.52 Å². The van der Waals surface area contributed by atoms with Crippen molar-refractivity contribution in [2.24, 2.45) is 0 Å². The standard InChI is InChI=1S/C13H16N4O4/c1-2-17-10-4-3-8(7-9(10)15-16-17)12(19)14-6-5-11(18)13(20)21/h3-4,7,11,18H,2,5-6H2,1H3,(H,14,19)(H,20,21). The van der Waals surface area contributed by atoms with Gasteiger partial charge in [0.15, 0.2) is 6.10 Å². The van der Waals surface area contributed by atoms with Crippen molar-refractivity contribution in [3.8, 4) is 0 Å². The summed E-state index contributed by atoms with van der Waals surface area (Å²) in [6.07, 6.45) is -1.52. The van der Waals surface area contributed by atoms with Crippen LogP contribution in [0.1, 0.15) is 23.7 Å². The summed E-state index contributed by atoms with van der Waals surface area (Å²) in [5.74, 6) is -1.65. The summed E-state index contributed by atoms with van der Waals surface area (Å²) in [5.41, 5.74) is 1.88. The molecular weight excluding hydrogens is 276 g/mol. The fourth-order valence-electron chi connectivity index (χ4n) is 1.89. The average molecular weight is 292 g/mol. The number of carboxylic acids is 1. The molecule has 1 unspecified atom stereocenters. The number of aliphatic carboxylic acids is 1. The maximum absolute atomic E-state index is 11.9. The van der Waals surface area contributed by atoms with E-state index in [-0.39, 0.29) is 18.9 Å². The molecule has 3 N–H and O–H groups in total. The van der Waals surface area contributed by atoms with E-state index in [1.165, 1.54) is 0 Å². The number of carbonyl (C=O) groups is 2. The number of aromatic nitrogens is 3. The van der Waals surface area contributed by atoms with Gasteiger partial charge in [-0.05, 0) is 25.1 Å². The van der Waals surface area contributed by atoms with E-state index >= 15 is 0 Å². The van der Waals surface area contributed by atoms with Crippen molar-refractivity contribution in [3.05, 3.63) is 23.8 Å². The quantitative estimate of drug-likeness (QED) is 0.690. The lowest BCUT2D eigenvalue weighted by molar-refractivity contribution is -0.146. The van der Waals surface area contributed by atoms with Crippen molar-refractivity contribution >= 4 is 22.9 Å². The third kappa shape index (κ3) is 3.34. The van der Waals surface area contributed by atoms with Gasteiger partial charge in [0.2, 0.25) is 0 Å². The summed E-state index contributed by atoms with van der Waals surface area (Å²) in [4.78, 5) is 22.4. The molecular formula is C13H16N4O4. The van der Waals surface area contributed by atoms with Crippen LogP contribution in [0.5, 0.6) is 0 Å².